The topological polar surface area (TPSA) is 13.0 Å². The second kappa shape index (κ2) is 11.6. The van der Waals surface area contributed by atoms with E-state index in [0.717, 1.165) is 8.64 Å². The lowest BCUT2D eigenvalue weighted by Gasteiger charge is -2.25. The average Bonchev–Trinajstić information content (AvgIpc) is 2.35. The van der Waals surface area contributed by atoms with Gasteiger partial charge in [-0.3, -0.25) is 10.0 Å². The Hall–Kier alpha value is 0.830. The molecule has 0 radical (unpaired) electrons. The first-order chi connectivity index (χ1) is 8.18. The molecule has 1 unspecified atom stereocenters. The summed E-state index contributed by atoms with van der Waals surface area (Å²) in [4.78, 5) is 0. The van der Waals surface area contributed by atoms with Crippen LogP contribution < -0.4 is 0 Å². The molecule has 0 N–H and O–H groups in total. The minimum atomic E-state index is 0.852. The van der Waals surface area contributed by atoms with Gasteiger partial charge in [-0.2, -0.15) is 0 Å². The van der Waals surface area contributed by atoms with Gasteiger partial charge >= 0.3 is 0 Å². The molecule has 0 aromatic carbocycles. The van der Waals surface area contributed by atoms with Crippen LogP contribution in [0.2, 0.25) is 0 Å². The predicted octanol–water partition coefficient (Wildman–Crippen LogP) is 2.25. The van der Waals surface area contributed by atoms with Gasteiger partial charge in [0.1, 0.15) is 4.32 Å². The monoisotopic (exact) mass is 346 g/mol. The first-order valence-corrected chi connectivity index (χ1v) is 9.33. The lowest BCUT2D eigenvalue weighted by molar-refractivity contribution is 0.152. The normalized spacial score (nSPS) is 9.89. The molecule has 0 spiro atoms. The summed E-state index contributed by atoms with van der Waals surface area (Å²) < 4.78 is 1.74. The van der Waals surface area contributed by atoms with E-state index in [4.69, 9.17) is 24.4 Å². The number of hydrogen-bond acceptors (Lipinski definition) is 6. The van der Waals surface area contributed by atoms with Gasteiger partial charge in [0.05, 0.1) is 0 Å². The lowest BCUT2D eigenvalue weighted by atomic mass is 11.0. The summed E-state index contributed by atoms with van der Waals surface area (Å²) >= 11 is 13.1. The average molecular weight is 347 g/mol. The Morgan fingerprint density at radius 1 is 0.833 bits per heavy atom. The maximum absolute atomic E-state index is 5.00. The summed E-state index contributed by atoms with van der Waals surface area (Å²) in [6.07, 6.45) is 1.97. The van der Waals surface area contributed by atoms with Crippen molar-refractivity contribution >= 4 is 64.7 Å². The summed E-state index contributed by atoms with van der Waals surface area (Å²) in [7, 11) is 14.2. The smallest absolute Gasteiger partial charge is 0.154 e. The first-order valence-electron chi connectivity index (χ1n) is 4.99. The largest absolute Gasteiger partial charge is 0.294 e. The Balaban J connectivity index is 0. The quantitative estimate of drug-likeness (QED) is 0.423. The molecule has 0 aromatic heterocycles. The van der Waals surface area contributed by atoms with Gasteiger partial charge in [0.15, 0.2) is 4.32 Å². The minimum Gasteiger partial charge on any atom is -0.294 e. The number of rotatable bonds is 2. The van der Waals surface area contributed by atoms with Crippen LogP contribution in [-0.4, -0.2) is 77.2 Å². The number of thiocarbonyl (C=S) groups is 2. The van der Waals surface area contributed by atoms with Gasteiger partial charge < -0.3 is 0 Å². The maximum Gasteiger partial charge on any atom is 0.154 e. The van der Waals surface area contributed by atoms with Crippen LogP contribution in [0.25, 0.3) is 0 Å². The highest BCUT2D eigenvalue weighted by Gasteiger charge is 2.03. The Bertz CT molecular complexity index is 237. The molecule has 0 amide bonds. The molecule has 108 valence electrons. The van der Waals surface area contributed by atoms with Gasteiger partial charge in [-0.25, -0.2) is 10.0 Å². The molecule has 0 heterocycles. The van der Waals surface area contributed by atoms with Crippen LogP contribution in [0, 0.1) is 0 Å². The number of hydrazine groups is 2. The molecule has 0 aliphatic carbocycles. The van der Waals surface area contributed by atoms with E-state index >= 15 is 0 Å². The van der Waals surface area contributed by atoms with Crippen molar-refractivity contribution in [3.05, 3.63) is 0 Å². The second-order valence-corrected chi connectivity index (χ2v) is 7.01. The van der Waals surface area contributed by atoms with Crippen LogP contribution in [0.1, 0.15) is 0 Å². The lowest BCUT2D eigenvalue weighted by Crippen LogP contribution is -2.35. The summed E-state index contributed by atoms with van der Waals surface area (Å²) in [6, 6.07) is 0. The van der Waals surface area contributed by atoms with Gasteiger partial charge in [0.25, 0.3) is 0 Å². The molecule has 0 aliphatic rings. The number of thioether (sulfide) groups is 1. The van der Waals surface area contributed by atoms with Crippen LogP contribution in [0.3, 0.4) is 0 Å². The van der Waals surface area contributed by atoms with Gasteiger partial charge in [0.2, 0.25) is 0 Å². The molecule has 4 nitrogen and oxygen atoms in total. The molecule has 18 heavy (non-hydrogen) atoms. The summed E-state index contributed by atoms with van der Waals surface area (Å²) in [6.45, 7) is 0. The Labute approximate surface area is 133 Å². The van der Waals surface area contributed by atoms with Gasteiger partial charge in [-0.1, -0.05) is 56.0 Å². The van der Waals surface area contributed by atoms with Crippen molar-refractivity contribution in [2.24, 2.45) is 0 Å². The highest BCUT2D eigenvalue weighted by Crippen LogP contribution is 2.15. The zero-order valence-corrected chi connectivity index (χ0v) is 16.4. The standard InChI is InChI=1S/C5H12N2S2.C4H11N2PS2/c1-6(2)7(3)5(8)9-4;1-5(2)6(3)4(8)9-7/h1-4H3;7H2,1-3H3. The molecule has 0 aromatic rings. The van der Waals surface area contributed by atoms with Crippen LogP contribution in [0.4, 0.5) is 0 Å². The zero-order chi connectivity index (χ0) is 14.9. The molecule has 0 fully saturated rings. The van der Waals surface area contributed by atoms with Gasteiger partial charge in [-0.05, 0) is 6.26 Å². The van der Waals surface area contributed by atoms with Crippen molar-refractivity contribution < 1.29 is 0 Å². The third-order valence-corrected chi connectivity index (χ3v) is 5.58. The van der Waals surface area contributed by atoms with E-state index in [1.807, 2.05) is 68.6 Å². The predicted molar refractivity (Wildman–Crippen MR) is 98.9 cm³/mol. The third kappa shape index (κ3) is 9.72. The fraction of sp³-hybridized carbons (Fsp3) is 0.778. The van der Waals surface area contributed by atoms with Crippen molar-refractivity contribution in [1.82, 2.24) is 20.0 Å². The molecule has 0 aliphatic heterocycles. The van der Waals surface area contributed by atoms with E-state index in [1.165, 1.54) is 11.4 Å². The molecule has 1 atom stereocenters. The van der Waals surface area contributed by atoms with Crippen molar-refractivity contribution in [3.8, 4) is 0 Å². The van der Waals surface area contributed by atoms with Crippen LogP contribution in [-0.2, 0) is 0 Å². The van der Waals surface area contributed by atoms with E-state index in [1.54, 1.807) is 11.8 Å². The molecular formula is C9H23N4PS4. The van der Waals surface area contributed by atoms with Gasteiger partial charge in [-0.15, -0.1) is 0 Å². The Kier molecular flexibility index (Phi) is 13.7. The fourth-order valence-corrected chi connectivity index (χ4v) is 2.06. The van der Waals surface area contributed by atoms with E-state index in [0.29, 0.717) is 0 Å². The highest BCUT2D eigenvalue weighted by atomic mass is 32.7. The van der Waals surface area contributed by atoms with E-state index in [2.05, 4.69) is 8.44 Å². The molecule has 0 saturated heterocycles. The fourth-order valence-electron chi connectivity index (χ4n) is 0.535. The van der Waals surface area contributed by atoms with E-state index in [-0.39, 0.29) is 0 Å². The van der Waals surface area contributed by atoms with Crippen LogP contribution >= 0.6 is 56.0 Å². The second-order valence-electron chi connectivity index (χ2n) is 3.60. The number of hydrogen-bond donors (Lipinski definition) is 0. The molecule has 0 rings (SSSR count). The van der Waals surface area contributed by atoms with Crippen molar-refractivity contribution in [2.45, 2.75) is 0 Å². The van der Waals surface area contributed by atoms with Crippen molar-refractivity contribution in [3.63, 3.8) is 0 Å². The molecule has 0 bridgehead atoms. The Morgan fingerprint density at radius 2 is 1.17 bits per heavy atom. The molecule has 9 heteroatoms. The first kappa shape index (κ1) is 21.1. The highest BCUT2D eigenvalue weighted by molar-refractivity contribution is 8.55. The minimum absolute atomic E-state index is 0.852. The summed E-state index contributed by atoms with van der Waals surface area (Å²) in [5.41, 5.74) is 0. The van der Waals surface area contributed by atoms with E-state index < -0.39 is 0 Å². The van der Waals surface area contributed by atoms with Crippen LogP contribution in [0.15, 0.2) is 0 Å². The number of nitrogens with zero attached hydrogens (tertiary/aromatic N) is 4. The van der Waals surface area contributed by atoms with Crippen molar-refractivity contribution in [1.29, 1.82) is 0 Å². The van der Waals surface area contributed by atoms with Crippen LogP contribution in [0.5, 0.6) is 0 Å². The van der Waals surface area contributed by atoms with Gasteiger partial charge in [0, 0.05) is 42.3 Å². The molecule has 0 saturated carbocycles. The zero-order valence-electron chi connectivity index (χ0n) is 12.0. The maximum atomic E-state index is 5.00. The summed E-state index contributed by atoms with van der Waals surface area (Å²) in [5.74, 6) is 0. The van der Waals surface area contributed by atoms with E-state index in [9.17, 15) is 0 Å². The SMILES string of the molecule is CN(C)N(C)C(=S)SP.CSC(=S)N(C)N(C)C. The van der Waals surface area contributed by atoms with Crippen molar-refractivity contribution in [2.75, 3.05) is 48.5 Å². The molecular weight excluding hydrogens is 323 g/mol. The Morgan fingerprint density at radius 3 is 1.28 bits per heavy atom. The third-order valence-electron chi connectivity index (χ3n) is 2.00. The summed E-state index contributed by atoms with van der Waals surface area (Å²) in [5, 5.41) is 7.69.